The summed E-state index contributed by atoms with van der Waals surface area (Å²) in [6.07, 6.45) is 2.98. The van der Waals surface area contributed by atoms with Crippen LogP contribution in [0, 0.1) is 13.8 Å². The van der Waals surface area contributed by atoms with Gasteiger partial charge in [-0.1, -0.05) is 29.8 Å². The zero-order chi connectivity index (χ0) is 16.8. The van der Waals surface area contributed by atoms with Gasteiger partial charge in [-0.25, -0.2) is 4.79 Å². The second-order valence-electron chi connectivity index (χ2n) is 5.30. The SMILES string of the molecule is COc1cc(/C=C/C(=O)OCc2cc(C)ccc2C)ccc1O. The molecule has 1 N–H and O–H groups in total. The molecule has 0 radical (unpaired) electrons. The molecule has 120 valence electrons. The van der Waals surface area contributed by atoms with Gasteiger partial charge in [-0.2, -0.15) is 0 Å². The molecular formula is C19H20O4. The van der Waals surface area contributed by atoms with Gasteiger partial charge in [-0.3, -0.25) is 0 Å². The molecule has 0 saturated carbocycles. The number of hydrogen-bond donors (Lipinski definition) is 1. The van der Waals surface area contributed by atoms with Gasteiger partial charge in [0.05, 0.1) is 7.11 Å². The van der Waals surface area contributed by atoms with Crippen LogP contribution in [0.4, 0.5) is 0 Å². The Hall–Kier alpha value is -2.75. The molecule has 0 unspecified atom stereocenters. The Labute approximate surface area is 136 Å². The van der Waals surface area contributed by atoms with Gasteiger partial charge in [0.1, 0.15) is 6.61 Å². The van der Waals surface area contributed by atoms with Crippen molar-refractivity contribution in [1.82, 2.24) is 0 Å². The minimum absolute atomic E-state index is 0.0575. The van der Waals surface area contributed by atoms with Crippen LogP contribution in [0.25, 0.3) is 6.08 Å². The zero-order valence-electron chi connectivity index (χ0n) is 13.5. The van der Waals surface area contributed by atoms with Crippen LogP contribution >= 0.6 is 0 Å². The molecule has 0 aliphatic rings. The highest BCUT2D eigenvalue weighted by Crippen LogP contribution is 2.26. The van der Waals surface area contributed by atoms with Crippen molar-refractivity contribution in [3.8, 4) is 11.5 Å². The number of carbonyl (C=O) groups is 1. The Balaban J connectivity index is 1.98. The van der Waals surface area contributed by atoms with E-state index in [4.69, 9.17) is 9.47 Å². The predicted octanol–water partition coefficient (Wildman–Crippen LogP) is 3.77. The summed E-state index contributed by atoms with van der Waals surface area (Å²) in [5, 5.41) is 9.53. The molecule has 0 saturated heterocycles. The van der Waals surface area contributed by atoms with E-state index in [0.717, 1.165) is 22.3 Å². The van der Waals surface area contributed by atoms with E-state index in [1.54, 1.807) is 18.2 Å². The van der Waals surface area contributed by atoms with Crippen molar-refractivity contribution in [2.24, 2.45) is 0 Å². The lowest BCUT2D eigenvalue weighted by atomic mass is 10.1. The molecule has 0 spiro atoms. The fraction of sp³-hybridized carbons (Fsp3) is 0.211. The maximum Gasteiger partial charge on any atom is 0.331 e. The van der Waals surface area contributed by atoms with Crippen LogP contribution < -0.4 is 4.74 Å². The highest BCUT2D eigenvalue weighted by Gasteiger charge is 2.04. The van der Waals surface area contributed by atoms with E-state index in [2.05, 4.69) is 0 Å². The van der Waals surface area contributed by atoms with Gasteiger partial charge in [0.15, 0.2) is 11.5 Å². The molecule has 0 heterocycles. The molecule has 0 aliphatic carbocycles. The molecule has 0 fully saturated rings. The number of phenolic OH excluding ortho intramolecular Hbond substituents is 1. The number of benzene rings is 2. The molecule has 0 amide bonds. The van der Waals surface area contributed by atoms with Crippen LogP contribution in [0.5, 0.6) is 11.5 Å². The van der Waals surface area contributed by atoms with Crippen molar-refractivity contribution in [3.05, 3.63) is 64.7 Å². The lowest BCUT2D eigenvalue weighted by Gasteiger charge is -2.07. The predicted molar refractivity (Wildman–Crippen MR) is 89.4 cm³/mol. The number of rotatable bonds is 5. The summed E-state index contributed by atoms with van der Waals surface area (Å²) in [5.41, 5.74) is 3.96. The Morgan fingerprint density at radius 1 is 1.17 bits per heavy atom. The lowest BCUT2D eigenvalue weighted by molar-refractivity contribution is -0.138. The molecule has 0 aromatic heterocycles. The first-order chi connectivity index (χ1) is 11.0. The maximum atomic E-state index is 11.8. The van der Waals surface area contributed by atoms with E-state index in [9.17, 15) is 9.90 Å². The minimum Gasteiger partial charge on any atom is -0.504 e. The van der Waals surface area contributed by atoms with Crippen LogP contribution in [0.1, 0.15) is 22.3 Å². The average Bonchev–Trinajstić information content (AvgIpc) is 2.54. The van der Waals surface area contributed by atoms with Crippen molar-refractivity contribution < 1.29 is 19.4 Å². The van der Waals surface area contributed by atoms with Gasteiger partial charge in [-0.05, 0) is 48.7 Å². The third kappa shape index (κ3) is 4.61. The quantitative estimate of drug-likeness (QED) is 0.674. The van der Waals surface area contributed by atoms with E-state index < -0.39 is 5.97 Å². The van der Waals surface area contributed by atoms with Crippen molar-refractivity contribution in [2.75, 3.05) is 7.11 Å². The summed E-state index contributed by atoms with van der Waals surface area (Å²) in [7, 11) is 1.47. The van der Waals surface area contributed by atoms with Gasteiger partial charge in [0.2, 0.25) is 0 Å². The summed E-state index contributed by atoms with van der Waals surface area (Å²) in [6.45, 7) is 4.24. The van der Waals surface area contributed by atoms with Crippen LogP contribution in [0.2, 0.25) is 0 Å². The third-order valence-electron chi connectivity index (χ3n) is 3.49. The number of aromatic hydroxyl groups is 1. The first-order valence-corrected chi connectivity index (χ1v) is 7.27. The molecule has 0 atom stereocenters. The standard InChI is InChI=1S/C19H20O4/c1-13-4-5-14(2)16(10-13)12-23-19(21)9-7-15-6-8-17(20)18(11-15)22-3/h4-11,20H,12H2,1-3H3/b9-7+. The fourth-order valence-electron chi connectivity index (χ4n) is 2.11. The Morgan fingerprint density at radius 2 is 1.96 bits per heavy atom. The maximum absolute atomic E-state index is 11.8. The van der Waals surface area contributed by atoms with Crippen LogP contribution in [0.3, 0.4) is 0 Å². The fourth-order valence-corrected chi connectivity index (χ4v) is 2.11. The molecule has 4 nitrogen and oxygen atoms in total. The largest absolute Gasteiger partial charge is 0.504 e. The number of ether oxygens (including phenoxy) is 2. The van der Waals surface area contributed by atoms with E-state index in [1.165, 1.54) is 19.3 Å². The normalized spacial score (nSPS) is 10.7. The number of aryl methyl sites for hydroxylation is 2. The van der Waals surface area contributed by atoms with E-state index in [1.807, 2.05) is 32.0 Å². The first kappa shape index (κ1) is 16.6. The van der Waals surface area contributed by atoms with Crippen molar-refractivity contribution >= 4 is 12.0 Å². The average molecular weight is 312 g/mol. The Morgan fingerprint density at radius 3 is 2.70 bits per heavy atom. The summed E-state index contributed by atoms with van der Waals surface area (Å²) >= 11 is 0. The van der Waals surface area contributed by atoms with E-state index >= 15 is 0 Å². The molecule has 2 aromatic rings. The van der Waals surface area contributed by atoms with E-state index in [-0.39, 0.29) is 12.4 Å². The van der Waals surface area contributed by atoms with E-state index in [0.29, 0.717) is 5.75 Å². The first-order valence-electron chi connectivity index (χ1n) is 7.27. The van der Waals surface area contributed by atoms with Crippen molar-refractivity contribution in [3.63, 3.8) is 0 Å². The zero-order valence-corrected chi connectivity index (χ0v) is 13.5. The van der Waals surface area contributed by atoms with Crippen LogP contribution in [-0.2, 0) is 16.1 Å². The number of phenols is 1. The molecule has 4 heteroatoms. The third-order valence-corrected chi connectivity index (χ3v) is 3.49. The van der Waals surface area contributed by atoms with Crippen molar-refractivity contribution in [1.29, 1.82) is 0 Å². The van der Waals surface area contributed by atoms with Gasteiger partial charge in [0, 0.05) is 6.08 Å². The molecule has 2 rings (SSSR count). The summed E-state index contributed by atoms with van der Waals surface area (Å²) < 4.78 is 10.3. The summed E-state index contributed by atoms with van der Waals surface area (Å²) in [4.78, 5) is 11.8. The number of esters is 1. The number of methoxy groups -OCH3 is 1. The second kappa shape index (κ2) is 7.49. The van der Waals surface area contributed by atoms with Crippen LogP contribution in [-0.4, -0.2) is 18.2 Å². The topological polar surface area (TPSA) is 55.8 Å². The highest BCUT2D eigenvalue weighted by atomic mass is 16.5. The summed E-state index contributed by atoms with van der Waals surface area (Å²) in [5.74, 6) is -0.00370. The van der Waals surface area contributed by atoms with Gasteiger partial charge in [0.25, 0.3) is 0 Å². The molecule has 2 aromatic carbocycles. The highest BCUT2D eigenvalue weighted by molar-refractivity contribution is 5.87. The molecular weight excluding hydrogens is 292 g/mol. The number of carbonyl (C=O) groups excluding carboxylic acids is 1. The number of hydrogen-bond acceptors (Lipinski definition) is 4. The Kier molecular flexibility index (Phi) is 5.41. The van der Waals surface area contributed by atoms with Gasteiger partial charge >= 0.3 is 5.97 Å². The lowest BCUT2D eigenvalue weighted by Crippen LogP contribution is -2.02. The van der Waals surface area contributed by atoms with Gasteiger partial charge < -0.3 is 14.6 Å². The van der Waals surface area contributed by atoms with Gasteiger partial charge in [-0.15, -0.1) is 0 Å². The second-order valence-corrected chi connectivity index (χ2v) is 5.30. The summed E-state index contributed by atoms with van der Waals surface area (Å²) in [6, 6.07) is 10.9. The monoisotopic (exact) mass is 312 g/mol. The van der Waals surface area contributed by atoms with Crippen LogP contribution in [0.15, 0.2) is 42.5 Å². The smallest absolute Gasteiger partial charge is 0.331 e. The molecule has 0 bridgehead atoms. The Bertz CT molecular complexity index is 732. The van der Waals surface area contributed by atoms with Crippen molar-refractivity contribution in [2.45, 2.75) is 20.5 Å². The minimum atomic E-state index is -0.419. The molecule has 23 heavy (non-hydrogen) atoms. The molecule has 0 aliphatic heterocycles.